The molecule has 1 aliphatic carbocycles. The highest BCUT2D eigenvalue weighted by atomic mass is 16.5. The Balaban J connectivity index is 2.42. The number of methoxy groups -OCH3 is 1. The van der Waals surface area contributed by atoms with Crippen LogP contribution in [0.15, 0.2) is 0 Å². The quantitative estimate of drug-likeness (QED) is 0.698. The Morgan fingerprint density at radius 3 is 2.33 bits per heavy atom. The molecule has 0 heterocycles. The van der Waals surface area contributed by atoms with Crippen LogP contribution in [0.5, 0.6) is 0 Å². The second-order valence-corrected chi connectivity index (χ2v) is 5.65. The van der Waals surface area contributed by atoms with Gasteiger partial charge in [-0.3, -0.25) is 4.79 Å². The number of Topliss-reactive ketones (excluding diaryl/α,β-unsaturated/α-hetero) is 1. The number of carbonyl (C=O) groups is 1. The number of carbonyl (C=O) groups excluding carboxylic acids is 1. The van der Waals surface area contributed by atoms with Gasteiger partial charge in [0.05, 0.1) is 5.60 Å². The summed E-state index contributed by atoms with van der Waals surface area (Å²) in [6.07, 6.45) is 6.10. The van der Waals surface area contributed by atoms with Crippen molar-refractivity contribution in [1.29, 1.82) is 0 Å². The molecule has 15 heavy (non-hydrogen) atoms. The van der Waals surface area contributed by atoms with Crippen molar-refractivity contribution in [2.45, 2.75) is 64.9 Å². The molecule has 88 valence electrons. The van der Waals surface area contributed by atoms with E-state index in [0.29, 0.717) is 12.2 Å². The van der Waals surface area contributed by atoms with Gasteiger partial charge in [0, 0.05) is 18.9 Å². The summed E-state index contributed by atoms with van der Waals surface area (Å²) >= 11 is 0. The molecule has 0 radical (unpaired) electrons. The SMILES string of the molecule is COC(C)(C)CCC(=O)C1(C)CCCC1. The van der Waals surface area contributed by atoms with E-state index in [0.717, 1.165) is 19.3 Å². The monoisotopic (exact) mass is 212 g/mol. The Bertz CT molecular complexity index is 225. The topological polar surface area (TPSA) is 26.3 Å². The van der Waals surface area contributed by atoms with Gasteiger partial charge in [0.25, 0.3) is 0 Å². The average Bonchev–Trinajstić information content (AvgIpc) is 2.63. The fraction of sp³-hybridized carbons (Fsp3) is 0.923. The third kappa shape index (κ3) is 3.30. The van der Waals surface area contributed by atoms with Gasteiger partial charge in [0.1, 0.15) is 5.78 Å². The number of hydrogen-bond acceptors (Lipinski definition) is 2. The van der Waals surface area contributed by atoms with Crippen LogP contribution in [-0.2, 0) is 9.53 Å². The molecule has 1 fully saturated rings. The zero-order valence-electron chi connectivity index (χ0n) is 10.6. The van der Waals surface area contributed by atoms with E-state index in [4.69, 9.17) is 4.74 Å². The lowest BCUT2D eigenvalue weighted by atomic mass is 9.81. The van der Waals surface area contributed by atoms with Crippen molar-refractivity contribution in [3.05, 3.63) is 0 Å². The van der Waals surface area contributed by atoms with Crippen molar-refractivity contribution in [3.8, 4) is 0 Å². The van der Waals surface area contributed by atoms with E-state index in [9.17, 15) is 4.79 Å². The molecular weight excluding hydrogens is 188 g/mol. The van der Waals surface area contributed by atoms with Crippen molar-refractivity contribution in [1.82, 2.24) is 0 Å². The normalized spacial score (nSPS) is 20.5. The summed E-state index contributed by atoms with van der Waals surface area (Å²) < 4.78 is 5.33. The lowest BCUT2D eigenvalue weighted by Crippen LogP contribution is -2.29. The zero-order valence-corrected chi connectivity index (χ0v) is 10.6. The highest BCUT2D eigenvalue weighted by Crippen LogP contribution is 2.39. The first-order valence-corrected chi connectivity index (χ1v) is 5.98. The van der Waals surface area contributed by atoms with Crippen molar-refractivity contribution >= 4 is 5.78 Å². The maximum absolute atomic E-state index is 12.1. The van der Waals surface area contributed by atoms with Gasteiger partial charge < -0.3 is 4.74 Å². The van der Waals surface area contributed by atoms with Gasteiger partial charge in [-0.2, -0.15) is 0 Å². The summed E-state index contributed by atoms with van der Waals surface area (Å²) in [5.74, 6) is 0.435. The van der Waals surface area contributed by atoms with Crippen molar-refractivity contribution < 1.29 is 9.53 Å². The van der Waals surface area contributed by atoms with Crippen molar-refractivity contribution in [2.24, 2.45) is 5.41 Å². The number of ketones is 1. The molecule has 1 saturated carbocycles. The molecule has 1 aliphatic rings. The van der Waals surface area contributed by atoms with Gasteiger partial charge >= 0.3 is 0 Å². The Morgan fingerprint density at radius 2 is 1.87 bits per heavy atom. The van der Waals surface area contributed by atoms with E-state index in [2.05, 4.69) is 6.92 Å². The first-order valence-electron chi connectivity index (χ1n) is 5.98. The minimum atomic E-state index is -0.162. The maximum atomic E-state index is 12.1. The van der Waals surface area contributed by atoms with Gasteiger partial charge in [-0.1, -0.05) is 19.8 Å². The van der Waals surface area contributed by atoms with Crippen molar-refractivity contribution in [3.63, 3.8) is 0 Å². The molecule has 0 spiro atoms. The summed E-state index contributed by atoms with van der Waals surface area (Å²) in [6.45, 7) is 6.21. The second-order valence-electron chi connectivity index (χ2n) is 5.65. The molecule has 0 aromatic rings. The molecule has 0 atom stereocenters. The highest BCUT2D eigenvalue weighted by molar-refractivity contribution is 5.84. The Morgan fingerprint density at radius 1 is 1.33 bits per heavy atom. The molecule has 2 heteroatoms. The molecule has 0 aromatic carbocycles. The molecule has 0 bridgehead atoms. The van der Waals surface area contributed by atoms with Crippen LogP contribution in [0.2, 0.25) is 0 Å². The minimum Gasteiger partial charge on any atom is -0.379 e. The molecule has 1 rings (SSSR count). The Hall–Kier alpha value is -0.370. The molecule has 2 nitrogen and oxygen atoms in total. The number of ether oxygens (including phenoxy) is 1. The van der Waals surface area contributed by atoms with Crippen molar-refractivity contribution in [2.75, 3.05) is 7.11 Å². The van der Waals surface area contributed by atoms with Crippen LogP contribution in [0, 0.1) is 5.41 Å². The Kier molecular flexibility index (Phi) is 3.93. The van der Waals surface area contributed by atoms with Gasteiger partial charge in [-0.15, -0.1) is 0 Å². The summed E-state index contributed by atoms with van der Waals surface area (Å²) in [7, 11) is 1.71. The smallest absolute Gasteiger partial charge is 0.138 e. The van der Waals surface area contributed by atoms with Gasteiger partial charge in [0.15, 0.2) is 0 Å². The third-order valence-corrected chi connectivity index (χ3v) is 3.89. The van der Waals surface area contributed by atoms with Gasteiger partial charge in [0.2, 0.25) is 0 Å². The summed E-state index contributed by atoms with van der Waals surface area (Å²) in [5, 5.41) is 0. The first-order chi connectivity index (χ1) is 6.90. The van der Waals surface area contributed by atoms with Gasteiger partial charge in [-0.25, -0.2) is 0 Å². The molecule has 0 unspecified atom stereocenters. The van der Waals surface area contributed by atoms with E-state index >= 15 is 0 Å². The van der Waals surface area contributed by atoms with Crippen LogP contribution in [0.25, 0.3) is 0 Å². The van der Waals surface area contributed by atoms with E-state index < -0.39 is 0 Å². The molecule has 0 saturated heterocycles. The molecule has 0 aliphatic heterocycles. The first kappa shape index (κ1) is 12.7. The van der Waals surface area contributed by atoms with E-state index in [-0.39, 0.29) is 11.0 Å². The summed E-state index contributed by atoms with van der Waals surface area (Å²) in [5.41, 5.74) is -0.186. The highest BCUT2D eigenvalue weighted by Gasteiger charge is 2.36. The summed E-state index contributed by atoms with van der Waals surface area (Å²) in [4.78, 5) is 12.1. The number of rotatable bonds is 5. The second kappa shape index (κ2) is 4.65. The van der Waals surface area contributed by atoms with Crippen LogP contribution in [-0.4, -0.2) is 18.5 Å². The predicted octanol–water partition coefficient (Wildman–Crippen LogP) is 3.34. The van der Waals surface area contributed by atoms with E-state index in [1.807, 2.05) is 13.8 Å². The third-order valence-electron chi connectivity index (χ3n) is 3.89. The molecule has 0 N–H and O–H groups in total. The average molecular weight is 212 g/mol. The Labute approximate surface area is 93.4 Å². The largest absolute Gasteiger partial charge is 0.379 e. The summed E-state index contributed by atoms with van der Waals surface area (Å²) in [6, 6.07) is 0. The number of hydrogen-bond donors (Lipinski definition) is 0. The fourth-order valence-electron chi connectivity index (χ4n) is 2.25. The van der Waals surface area contributed by atoms with Crippen LogP contribution >= 0.6 is 0 Å². The lowest BCUT2D eigenvalue weighted by Gasteiger charge is -2.26. The van der Waals surface area contributed by atoms with Crippen LogP contribution in [0.3, 0.4) is 0 Å². The lowest BCUT2D eigenvalue weighted by molar-refractivity contribution is -0.129. The molecular formula is C13H24O2. The molecule has 0 amide bonds. The van der Waals surface area contributed by atoms with E-state index in [1.165, 1.54) is 12.8 Å². The minimum absolute atomic E-state index is 0.0240. The van der Waals surface area contributed by atoms with Crippen LogP contribution in [0.1, 0.15) is 59.3 Å². The zero-order chi connectivity index (χ0) is 11.5. The maximum Gasteiger partial charge on any atom is 0.138 e. The van der Waals surface area contributed by atoms with Crippen LogP contribution in [0.4, 0.5) is 0 Å². The van der Waals surface area contributed by atoms with Gasteiger partial charge in [-0.05, 0) is 33.1 Å². The standard InChI is InChI=1S/C13H24O2/c1-12(2,15-4)10-7-11(14)13(3)8-5-6-9-13/h5-10H2,1-4H3. The molecule has 0 aromatic heterocycles. The fourth-order valence-corrected chi connectivity index (χ4v) is 2.25. The van der Waals surface area contributed by atoms with Crippen LogP contribution < -0.4 is 0 Å². The van der Waals surface area contributed by atoms with E-state index in [1.54, 1.807) is 7.11 Å². The predicted molar refractivity (Wildman–Crippen MR) is 61.9 cm³/mol.